The smallest absolute Gasteiger partial charge is 0.324 e. The lowest BCUT2D eigenvalue weighted by atomic mass is 10.1. The predicted molar refractivity (Wildman–Crippen MR) is 128 cm³/mol. The van der Waals surface area contributed by atoms with Crippen LogP contribution in [0.25, 0.3) is 0 Å². The molecule has 0 unspecified atom stereocenters. The summed E-state index contributed by atoms with van der Waals surface area (Å²) < 4.78 is 24.7. The summed E-state index contributed by atoms with van der Waals surface area (Å²) in [7, 11) is 3.12. The fourth-order valence-electron chi connectivity index (χ4n) is 3.92. The standard InChI is InChI=1S/C26H26FN3O4/c1-33-19-10-8-18(9-11-19)17-29-14-5-15-30(26(29)32)24-13-12-20(34-2)16-23(24)28-25(31)21-6-3-4-7-22(21)27/h3-4,6-13,16H,5,14-15,17H2,1-2H3,(H,28,31). The molecule has 3 aromatic rings. The van der Waals surface area contributed by atoms with Crippen LogP contribution in [0, 0.1) is 5.82 Å². The number of nitrogens with one attached hydrogen (secondary N) is 1. The molecule has 0 atom stereocenters. The van der Waals surface area contributed by atoms with Crippen molar-refractivity contribution in [3.63, 3.8) is 0 Å². The Balaban J connectivity index is 1.59. The average Bonchev–Trinajstić information content (AvgIpc) is 2.86. The van der Waals surface area contributed by atoms with Crippen molar-refractivity contribution in [2.75, 3.05) is 37.5 Å². The van der Waals surface area contributed by atoms with Crippen LogP contribution in [-0.2, 0) is 6.54 Å². The summed E-state index contributed by atoms with van der Waals surface area (Å²) >= 11 is 0. The predicted octanol–water partition coefficient (Wildman–Crippen LogP) is 4.93. The first-order chi connectivity index (χ1) is 16.5. The van der Waals surface area contributed by atoms with Gasteiger partial charge in [-0.2, -0.15) is 0 Å². The molecular formula is C26H26FN3O4. The number of hydrogen-bond acceptors (Lipinski definition) is 4. The number of carbonyl (C=O) groups is 2. The molecule has 0 radical (unpaired) electrons. The molecule has 7 nitrogen and oxygen atoms in total. The number of hydrogen-bond donors (Lipinski definition) is 1. The van der Waals surface area contributed by atoms with E-state index in [1.54, 1.807) is 41.2 Å². The van der Waals surface area contributed by atoms with Gasteiger partial charge in [-0.25, -0.2) is 9.18 Å². The topological polar surface area (TPSA) is 71.1 Å². The van der Waals surface area contributed by atoms with Crippen LogP contribution in [-0.4, -0.2) is 44.1 Å². The van der Waals surface area contributed by atoms with E-state index in [1.165, 1.54) is 25.3 Å². The molecular weight excluding hydrogens is 437 g/mol. The molecule has 1 fully saturated rings. The molecule has 1 aliphatic heterocycles. The van der Waals surface area contributed by atoms with Crippen LogP contribution in [0.5, 0.6) is 11.5 Å². The third-order valence-electron chi connectivity index (χ3n) is 5.70. The van der Waals surface area contributed by atoms with Crippen molar-refractivity contribution in [2.45, 2.75) is 13.0 Å². The van der Waals surface area contributed by atoms with E-state index < -0.39 is 11.7 Å². The Bertz CT molecular complexity index is 1180. The summed E-state index contributed by atoms with van der Waals surface area (Å²) in [6.45, 7) is 1.56. The first-order valence-corrected chi connectivity index (χ1v) is 10.9. The second-order valence-corrected chi connectivity index (χ2v) is 7.87. The van der Waals surface area contributed by atoms with E-state index >= 15 is 0 Å². The molecule has 0 spiro atoms. The lowest BCUT2D eigenvalue weighted by molar-refractivity contribution is 0.102. The van der Waals surface area contributed by atoms with E-state index in [9.17, 15) is 14.0 Å². The van der Waals surface area contributed by atoms with E-state index in [4.69, 9.17) is 9.47 Å². The van der Waals surface area contributed by atoms with Gasteiger partial charge in [-0.3, -0.25) is 9.69 Å². The summed E-state index contributed by atoms with van der Waals surface area (Å²) in [4.78, 5) is 29.6. The van der Waals surface area contributed by atoms with Gasteiger partial charge in [0, 0.05) is 25.7 Å². The van der Waals surface area contributed by atoms with Gasteiger partial charge in [-0.05, 0) is 48.4 Å². The Morgan fingerprint density at radius 2 is 1.68 bits per heavy atom. The van der Waals surface area contributed by atoms with Crippen LogP contribution in [0.4, 0.5) is 20.6 Å². The van der Waals surface area contributed by atoms with E-state index in [0.717, 1.165) is 17.7 Å². The minimum absolute atomic E-state index is 0.0811. The van der Waals surface area contributed by atoms with E-state index in [1.807, 2.05) is 24.3 Å². The van der Waals surface area contributed by atoms with Crippen molar-refractivity contribution in [1.82, 2.24) is 4.90 Å². The van der Waals surface area contributed by atoms with Crippen molar-refractivity contribution in [3.05, 3.63) is 83.7 Å². The zero-order valence-corrected chi connectivity index (χ0v) is 19.1. The molecule has 0 aromatic heterocycles. The number of urea groups is 1. The third kappa shape index (κ3) is 4.96. The molecule has 1 saturated heterocycles. The largest absolute Gasteiger partial charge is 0.497 e. The van der Waals surface area contributed by atoms with Crippen molar-refractivity contribution < 1.29 is 23.5 Å². The normalized spacial score (nSPS) is 13.6. The van der Waals surface area contributed by atoms with Gasteiger partial charge in [0.2, 0.25) is 0 Å². The maximum Gasteiger partial charge on any atom is 0.324 e. The molecule has 0 saturated carbocycles. The SMILES string of the molecule is COc1ccc(CN2CCCN(c3ccc(OC)cc3NC(=O)c3ccccc3F)C2=O)cc1. The number of methoxy groups -OCH3 is 2. The highest BCUT2D eigenvalue weighted by Crippen LogP contribution is 2.33. The lowest BCUT2D eigenvalue weighted by Gasteiger charge is -2.36. The highest BCUT2D eigenvalue weighted by atomic mass is 19.1. The number of carbonyl (C=O) groups excluding carboxylic acids is 2. The van der Waals surface area contributed by atoms with Crippen molar-refractivity contribution in [1.29, 1.82) is 0 Å². The molecule has 34 heavy (non-hydrogen) atoms. The first kappa shape index (κ1) is 23.1. The fraction of sp³-hybridized carbons (Fsp3) is 0.231. The van der Waals surface area contributed by atoms with Gasteiger partial charge < -0.3 is 19.7 Å². The number of anilines is 2. The van der Waals surface area contributed by atoms with E-state index in [0.29, 0.717) is 36.8 Å². The molecule has 1 aliphatic rings. The Hall–Kier alpha value is -4.07. The van der Waals surface area contributed by atoms with Gasteiger partial charge in [-0.1, -0.05) is 24.3 Å². The Labute approximate surface area is 197 Å². The van der Waals surface area contributed by atoms with Crippen LogP contribution in [0.2, 0.25) is 0 Å². The molecule has 4 rings (SSSR count). The average molecular weight is 464 g/mol. The van der Waals surface area contributed by atoms with Gasteiger partial charge in [-0.15, -0.1) is 0 Å². The molecule has 0 bridgehead atoms. The zero-order valence-electron chi connectivity index (χ0n) is 19.1. The quantitative estimate of drug-likeness (QED) is 0.540. The monoisotopic (exact) mass is 463 g/mol. The lowest BCUT2D eigenvalue weighted by Crippen LogP contribution is -2.49. The second-order valence-electron chi connectivity index (χ2n) is 7.87. The molecule has 8 heteroatoms. The number of ether oxygens (including phenoxy) is 2. The number of amides is 3. The van der Waals surface area contributed by atoms with Gasteiger partial charge in [0.25, 0.3) is 5.91 Å². The number of nitrogens with zero attached hydrogens (tertiary/aromatic N) is 2. The first-order valence-electron chi connectivity index (χ1n) is 10.9. The minimum atomic E-state index is -0.621. The maximum atomic E-state index is 14.1. The summed E-state index contributed by atoms with van der Waals surface area (Å²) in [6, 6.07) is 18.2. The van der Waals surface area contributed by atoms with Gasteiger partial charge in [0.1, 0.15) is 17.3 Å². The second kappa shape index (κ2) is 10.2. The van der Waals surface area contributed by atoms with Gasteiger partial charge in [0.15, 0.2) is 0 Å². The maximum absolute atomic E-state index is 14.1. The molecule has 176 valence electrons. The molecule has 1 N–H and O–H groups in total. The van der Waals surface area contributed by atoms with Crippen LogP contribution in [0.3, 0.4) is 0 Å². The highest BCUT2D eigenvalue weighted by Gasteiger charge is 2.29. The highest BCUT2D eigenvalue weighted by molar-refractivity contribution is 6.08. The summed E-state index contributed by atoms with van der Waals surface area (Å²) in [5, 5.41) is 2.75. The fourth-order valence-corrected chi connectivity index (χ4v) is 3.92. The Morgan fingerprint density at radius 1 is 0.971 bits per heavy atom. The summed E-state index contributed by atoms with van der Waals surface area (Å²) in [6.07, 6.45) is 0.759. The van der Waals surface area contributed by atoms with E-state index in [-0.39, 0.29) is 11.6 Å². The molecule has 0 aliphatic carbocycles. The van der Waals surface area contributed by atoms with Gasteiger partial charge >= 0.3 is 6.03 Å². The van der Waals surface area contributed by atoms with Crippen molar-refractivity contribution in [3.8, 4) is 11.5 Å². The van der Waals surface area contributed by atoms with Gasteiger partial charge in [0.05, 0.1) is 31.2 Å². The Kier molecular flexibility index (Phi) is 6.96. The molecule has 1 heterocycles. The van der Waals surface area contributed by atoms with Crippen LogP contribution in [0.1, 0.15) is 22.3 Å². The van der Waals surface area contributed by atoms with Crippen LogP contribution < -0.4 is 19.7 Å². The number of benzene rings is 3. The third-order valence-corrected chi connectivity index (χ3v) is 5.70. The molecule has 3 aromatic carbocycles. The number of halogens is 1. The minimum Gasteiger partial charge on any atom is -0.497 e. The Morgan fingerprint density at radius 3 is 2.38 bits per heavy atom. The van der Waals surface area contributed by atoms with Crippen LogP contribution in [0.15, 0.2) is 66.7 Å². The molecule has 3 amide bonds. The van der Waals surface area contributed by atoms with Crippen LogP contribution >= 0.6 is 0 Å². The number of rotatable bonds is 7. The van der Waals surface area contributed by atoms with Crippen molar-refractivity contribution in [2.24, 2.45) is 0 Å². The summed E-state index contributed by atoms with van der Waals surface area (Å²) in [5.41, 5.74) is 1.79. The van der Waals surface area contributed by atoms with E-state index in [2.05, 4.69) is 5.32 Å². The van der Waals surface area contributed by atoms with Crippen molar-refractivity contribution >= 4 is 23.3 Å². The zero-order chi connectivity index (χ0) is 24.1. The summed E-state index contributed by atoms with van der Waals surface area (Å²) in [5.74, 6) is 0.0345.